The Hall–Kier alpha value is -1.34. The fourth-order valence-electron chi connectivity index (χ4n) is 3.74. The molecule has 1 unspecified atom stereocenters. The Labute approximate surface area is 163 Å². The summed E-state index contributed by atoms with van der Waals surface area (Å²) in [5, 5.41) is 11.7. The lowest BCUT2D eigenvalue weighted by Gasteiger charge is -2.32. The van der Waals surface area contributed by atoms with Crippen LogP contribution in [0, 0.1) is 0 Å². The molecule has 140 valence electrons. The summed E-state index contributed by atoms with van der Waals surface area (Å²) in [6.45, 7) is 2.00. The van der Waals surface area contributed by atoms with E-state index < -0.39 is 0 Å². The minimum Gasteiger partial charge on any atom is -0.342 e. The maximum absolute atomic E-state index is 12.9. The van der Waals surface area contributed by atoms with Crippen LogP contribution in [0.2, 0.25) is 0 Å². The Balaban J connectivity index is 1.49. The van der Waals surface area contributed by atoms with Crippen molar-refractivity contribution in [2.45, 2.75) is 74.4 Å². The van der Waals surface area contributed by atoms with Crippen molar-refractivity contribution < 1.29 is 4.79 Å². The van der Waals surface area contributed by atoms with Crippen molar-refractivity contribution in [1.82, 2.24) is 19.7 Å². The van der Waals surface area contributed by atoms with Gasteiger partial charge in [0, 0.05) is 19.1 Å². The van der Waals surface area contributed by atoms with Gasteiger partial charge in [0.1, 0.15) is 0 Å². The first-order chi connectivity index (χ1) is 12.6. The number of hydrogen-bond acceptors (Lipinski definition) is 5. The van der Waals surface area contributed by atoms with Gasteiger partial charge in [0.2, 0.25) is 5.91 Å². The zero-order chi connectivity index (χ0) is 18.1. The highest BCUT2D eigenvalue weighted by Gasteiger charge is 2.33. The van der Waals surface area contributed by atoms with E-state index in [2.05, 4.69) is 26.2 Å². The molecule has 5 nitrogen and oxygen atoms in total. The number of thioether (sulfide) groups is 1. The van der Waals surface area contributed by atoms with Gasteiger partial charge in [-0.2, -0.15) is 0 Å². The van der Waals surface area contributed by atoms with E-state index in [0.29, 0.717) is 12.1 Å². The molecule has 2 aliphatic carbocycles. The van der Waals surface area contributed by atoms with Crippen molar-refractivity contribution in [3.63, 3.8) is 0 Å². The highest BCUT2D eigenvalue weighted by molar-refractivity contribution is 8.00. The van der Waals surface area contributed by atoms with E-state index in [4.69, 9.17) is 0 Å². The average molecular weight is 391 g/mol. The lowest BCUT2D eigenvalue weighted by atomic mass is 9.94. The van der Waals surface area contributed by atoms with Crippen LogP contribution in [0.4, 0.5) is 0 Å². The summed E-state index contributed by atoms with van der Waals surface area (Å²) < 4.78 is 2.25. The van der Waals surface area contributed by atoms with Crippen LogP contribution in [-0.4, -0.2) is 43.9 Å². The first kappa shape index (κ1) is 18.0. The number of thiophene rings is 1. The van der Waals surface area contributed by atoms with Crippen molar-refractivity contribution in [2.75, 3.05) is 7.05 Å². The standard InChI is InChI=1S/C19H26N4OS2/c1-13(18(24)22(2)14-7-4-3-5-8-14)26-19-21-20-17(16-9-6-12-25-16)23(19)15-10-11-15/h6,9,12-15H,3-5,7-8,10-11H2,1-2H3. The molecule has 2 aliphatic rings. The summed E-state index contributed by atoms with van der Waals surface area (Å²) in [6.07, 6.45) is 8.41. The first-order valence-electron chi connectivity index (χ1n) is 9.57. The maximum Gasteiger partial charge on any atom is 0.235 e. The van der Waals surface area contributed by atoms with Crippen LogP contribution in [0.3, 0.4) is 0 Å². The van der Waals surface area contributed by atoms with Gasteiger partial charge in [-0.25, -0.2) is 0 Å². The number of carbonyl (C=O) groups excluding carboxylic acids is 1. The van der Waals surface area contributed by atoms with E-state index in [-0.39, 0.29) is 11.2 Å². The third kappa shape index (κ3) is 3.69. The fraction of sp³-hybridized carbons (Fsp3) is 0.632. The van der Waals surface area contributed by atoms with Gasteiger partial charge in [-0.1, -0.05) is 37.1 Å². The normalized spacial score (nSPS) is 19.5. The topological polar surface area (TPSA) is 51.0 Å². The zero-order valence-electron chi connectivity index (χ0n) is 15.4. The summed E-state index contributed by atoms with van der Waals surface area (Å²) in [5.41, 5.74) is 0. The smallest absolute Gasteiger partial charge is 0.235 e. The van der Waals surface area contributed by atoms with Crippen LogP contribution in [0.15, 0.2) is 22.7 Å². The number of nitrogens with zero attached hydrogens (tertiary/aromatic N) is 4. The highest BCUT2D eigenvalue weighted by Crippen LogP contribution is 2.42. The molecule has 1 amide bonds. The molecule has 0 aromatic carbocycles. The van der Waals surface area contributed by atoms with Gasteiger partial charge in [0.15, 0.2) is 11.0 Å². The number of hydrogen-bond donors (Lipinski definition) is 0. The summed E-state index contributed by atoms with van der Waals surface area (Å²) >= 11 is 3.25. The van der Waals surface area contributed by atoms with E-state index >= 15 is 0 Å². The second-order valence-electron chi connectivity index (χ2n) is 7.39. The van der Waals surface area contributed by atoms with Crippen molar-refractivity contribution in [3.8, 4) is 10.7 Å². The van der Waals surface area contributed by atoms with E-state index in [1.165, 1.54) is 32.1 Å². The number of carbonyl (C=O) groups is 1. The SMILES string of the molecule is CC(Sc1nnc(-c2cccs2)n1C1CC1)C(=O)N(C)C1CCCCC1. The Morgan fingerprint density at radius 3 is 2.69 bits per heavy atom. The lowest BCUT2D eigenvalue weighted by molar-refractivity contribution is -0.131. The Morgan fingerprint density at radius 1 is 1.27 bits per heavy atom. The van der Waals surface area contributed by atoms with E-state index in [1.807, 2.05) is 24.9 Å². The lowest BCUT2D eigenvalue weighted by Crippen LogP contribution is -2.42. The molecule has 1 atom stereocenters. The predicted molar refractivity (Wildman–Crippen MR) is 107 cm³/mol. The minimum atomic E-state index is -0.139. The van der Waals surface area contributed by atoms with Crippen LogP contribution >= 0.6 is 23.1 Å². The molecule has 0 aliphatic heterocycles. The van der Waals surface area contributed by atoms with Crippen LogP contribution in [0.5, 0.6) is 0 Å². The Morgan fingerprint density at radius 2 is 2.04 bits per heavy atom. The first-order valence-corrected chi connectivity index (χ1v) is 11.3. The highest BCUT2D eigenvalue weighted by atomic mass is 32.2. The Bertz CT molecular complexity index is 748. The molecule has 2 saturated carbocycles. The van der Waals surface area contributed by atoms with Gasteiger partial charge in [-0.3, -0.25) is 9.36 Å². The van der Waals surface area contributed by atoms with Crippen LogP contribution in [-0.2, 0) is 4.79 Å². The molecule has 2 aromatic heterocycles. The average Bonchev–Trinajstić information content (AvgIpc) is 3.19. The molecule has 0 saturated heterocycles. The van der Waals surface area contributed by atoms with Gasteiger partial charge in [0.05, 0.1) is 10.1 Å². The Kier molecular flexibility index (Phi) is 5.36. The summed E-state index contributed by atoms with van der Waals surface area (Å²) in [7, 11) is 1.97. The molecular formula is C19H26N4OS2. The van der Waals surface area contributed by atoms with Gasteiger partial charge < -0.3 is 4.90 Å². The van der Waals surface area contributed by atoms with Crippen molar-refractivity contribution in [3.05, 3.63) is 17.5 Å². The molecule has 2 aromatic rings. The molecule has 0 bridgehead atoms. The molecule has 26 heavy (non-hydrogen) atoms. The second kappa shape index (κ2) is 7.72. The van der Waals surface area contributed by atoms with Crippen molar-refractivity contribution >= 4 is 29.0 Å². The number of amides is 1. The second-order valence-corrected chi connectivity index (χ2v) is 9.64. The maximum atomic E-state index is 12.9. The quantitative estimate of drug-likeness (QED) is 0.676. The molecule has 7 heteroatoms. The van der Waals surface area contributed by atoms with Gasteiger partial charge in [-0.05, 0) is 44.1 Å². The van der Waals surface area contributed by atoms with Gasteiger partial charge in [0.25, 0.3) is 0 Å². The monoisotopic (exact) mass is 390 g/mol. The van der Waals surface area contributed by atoms with Gasteiger partial charge in [-0.15, -0.1) is 21.5 Å². The third-order valence-corrected chi connectivity index (χ3v) is 7.33. The molecule has 0 radical (unpaired) electrons. The summed E-state index contributed by atoms with van der Waals surface area (Å²) in [6, 6.07) is 5.03. The van der Waals surface area contributed by atoms with Crippen LogP contribution in [0.25, 0.3) is 10.7 Å². The summed E-state index contributed by atoms with van der Waals surface area (Å²) in [4.78, 5) is 16.1. The van der Waals surface area contributed by atoms with Crippen LogP contribution < -0.4 is 0 Å². The third-order valence-electron chi connectivity index (χ3n) is 5.42. The molecule has 2 fully saturated rings. The number of rotatable bonds is 6. The van der Waals surface area contributed by atoms with E-state index in [9.17, 15) is 4.79 Å². The predicted octanol–water partition coefficient (Wildman–Crippen LogP) is 4.61. The molecule has 4 rings (SSSR count). The summed E-state index contributed by atoms with van der Waals surface area (Å²) in [5.74, 6) is 1.16. The molecule has 0 N–H and O–H groups in total. The van der Waals surface area contributed by atoms with Crippen molar-refractivity contribution in [1.29, 1.82) is 0 Å². The molecule has 2 heterocycles. The largest absolute Gasteiger partial charge is 0.342 e. The van der Waals surface area contributed by atoms with E-state index in [0.717, 1.165) is 28.7 Å². The number of aromatic nitrogens is 3. The molecular weight excluding hydrogens is 364 g/mol. The van der Waals surface area contributed by atoms with Gasteiger partial charge >= 0.3 is 0 Å². The van der Waals surface area contributed by atoms with Crippen LogP contribution in [0.1, 0.15) is 57.9 Å². The minimum absolute atomic E-state index is 0.139. The fourth-order valence-corrected chi connectivity index (χ4v) is 5.46. The van der Waals surface area contributed by atoms with E-state index in [1.54, 1.807) is 23.1 Å². The zero-order valence-corrected chi connectivity index (χ0v) is 17.1. The van der Waals surface area contributed by atoms with Crippen molar-refractivity contribution in [2.24, 2.45) is 0 Å². The molecule has 0 spiro atoms.